The number of aliphatic hydroxyl groups is 1. The van der Waals surface area contributed by atoms with Gasteiger partial charge in [0.1, 0.15) is 16.6 Å². The molecule has 3 aromatic rings. The Labute approximate surface area is 184 Å². The second-order valence-electron chi connectivity index (χ2n) is 7.01. The Kier molecular flexibility index (Phi) is 6.45. The number of anilines is 1. The zero-order valence-corrected chi connectivity index (χ0v) is 17.6. The van der Waals surface area contributed by atoms with Crippen molar-refractivity contribution in [3.05, 3.63) is 77.8 Å². The highest BCUT2D eigenvalue weighted by Crippen LogP contribution is 2.38. The van der Waals surface area contributed by atoms with Crippen LogP contribution in [0, 0.1) is 0 Å². The molecule has 7 heteroatoms. The number of aromatic nitrogens is 2. The lowest BCUT2D eigenvalue weighted by Crippen LogP contribution is -2.33. The van der Waals surface area contributed by atoms with Crippen LogP contribution in [0.1, 0.15) is 23.5 Å². The number of ketones is 1. The van der Waals surface area contributed by atoms with Gasteiger partial charge in [-0.15, -0.1) is 0 Å². The number of pyridine rings is 1. The minimum atomic E-state index is -0.536. The number of benzene rings is 1. The van der Waals surface area contributed by atoms with Crippen molar-refractivity contribution in [2.75, 3.05) is 18.1 Å². The fraction of sp³-hybridized carbons (Fsp3) is 0.167. The third-order valence-corrected chi connectivity index (χ3v) is 5.96. The number of hydrogen-bond donors (Lipinski definition) is 1. The highest BCUT2D eigenvalue weighted by atomic mass is 32.1. The summed E-state index contributed by atoms with van der Waals surface area (Å²) in [5, 5.41) is 10.6. The van der Waals surface area contributed by atoms with Crippen LogP contribution in [0.3, 0.4) is 0 Å². The Morgan fingerprint density at radius 3 is 2.48 bits per heavy atom. The third kappa shape index (κ3) is 5.02. The van der Waals surface area contributed by atoms with E-state index in [1.807, 2.05) is 30.3 Å². The highest BCUT2D eigenvalue weighted by molar-refractivity contribution is 7.19. The third-order valence-electron chi connectivity index (χ3n) is 4.79. The standard InChI is InChI=1S/C24H21N3O3S/c28-16-20(29)13-11-18-8-4-9-19(25-18)12-14-22(30)27-15-5-10-21-24(27)31-23(26-21)17-6-2-1-3-7-17/h1-4,6-9,11-14,28H,5,10,15-16H2/b13-11+,14-12+. The fourth-order valence-corrected chi connectivity index (χ4v) is 4.42. The maximum absolute atomic E-state index is 12.9. The number of rotatable bonds is 6. The van der Waals surface area contributed by atoms with Gasteiger partial charge in [-0.3, -0.25) is 14.5 Å². The number of aliphatic hydroxyl groups excluding tert-OH is 1. The number of carbonyl (C=O) groups is 2. The average Bonchev–Trinajstić information content (AvgIpc) is 3.26. The first-order valence-corrected chi connectivity index (χ1v) is 10.8. The first-order valence-electron chi connectivity index (χ1n) is 9.97. The molecule has 1 N–H and O–H groups in total. The minimum Gasteiger partial charge on any atom is -0.388 e. The lowest BCUT2D eigenvalue weighted by Gasteiger charge is -2.24. The van der Waals surface area contributed by atoms with Crippen molar-refractivity contribution < 1.29 is 14.7 Å². The summed E-state index contributed by atoms with van der Waals surface area (Å²) in [4.78, 5) is 35.1. The predicted molar refractivity (Wildman–Crippen MR) is 123 cm³/mol. The summed E-state index contributed by atoms with van der Waals surface area (Å²) in [5.41, 5.74) is 3.21. The molecular weight excluding hydrogens is 410 g/mol. The smallest absolute Gasteiger partial charge is 0.251 e. The molecular formula is C24H21N3O3S. The lowest BCUT2D eigenvalue weighted by molar-refractivity contribution is -0.117. The van der Waals surface area contributed by atoms with Gasteiger partial charge in [-0.2, -0.15) is 0 Å². The molecule has 2 aromatic heterocycles. The first-order chi connectivity index (χ1) is 15.1. The van der Waals surface area contributed by atoms with E-state index in [4.69, 9.17) is 10.1 Å². The summed E-state index contributed by atoms with van der Waals surface area (Å²) in [7, 11) is 0. The fourth-order valence-electron chi connectivity index (χ4n) is 3.27. The van der Waals surface area contributed by atoms with E-state index in [9.17, 15) is 9.59 Å². The van der Waals surface area contributed by atoms with Crippen molar-refractivity contribution in [1.29, 1.82) is 0 Å². The Morgan fingerprint density at radius 2 is 1.74 bits per heavy atom. The second kappa shape index (κ2) is 9.59. The topological polar surface area (TPSA) is 83.4 Å². The van der Waals surface area contributed by atoms with Crippen LogP contribution in [0.25, 0.3) is 22.7 Å². The molecule has 0 saturated heterocycles. The van der Waals surface area contributed by atoms with E-state index in [1.165, 1.54) is 18.2 Å². The van der Waals surface area contributed by atoms with Crippen LogP contribution in [0.5, 0.6) is 0 Å². The molecule has 1 aromatic carbocycles. The van der Waals surface area contributed by atoms with Crippen molar-refractivity contribution in [2.24, 2.45) is 0 Å². The van der Waals surface area contributed by atoms with Gasteiger partial charge in [0, 0.05) is 18.2 Å². The number of amides is 1. The maximum Gasteiger partial charge on any atom is 0.251 e. The van der Waals surface area contributed by atoms with Gasteiger partial charge in [0.25, 0.3) is 5.91 Å². The first kappa shape index (κ1) is 20.8. The van der Waals surface area contributed by atoms with Gasteiger partial charge in [0.05, 0.1) is 17.1 Å². The van der Waals surface area contributed by atoms with E-state index in [1.54, 1.807) is 40.5 Å². The molecule has 0 saturated carbocycles. The van der Waals surface area contributed by atoms with E-state index >= 15 is 0 Å². The molecule has 3 heterocycles. The zero-order valence-electron chi connectivity index (χ0n) is 16.8. The summed E-state index contributed by atoms with van der Waals surface area (Å²) in [6.45, 7) is 0.123. The van der Waals surface area contributed by atoms with E-state index in [0.717, 1.165) is 34.1 Å². The monoisotopic (exact) mass is 431 g/mol. The summed E-state index contributed by atoms with van der Waals surface area (Å²) in [6.07, 6.45) is 7.75. The van der Waals surface area contributed by atoms with Crippen LogP contribution in [0.2, 0.25) is 0 Å². The molecule has 0 unspecified atom stereocenters. The molecule has 0 fully saturated rings. The van der Waals surface area contributed by atoms with Crippen LogP contribution in [-0.2, 0) is 16.0 Å². The van der Waals surface area contributed by atoms with Crippen LogP contribution in [-0.4, -0.2) is 39.9 Å². The number of nitrogens with zero attached hydrogens (tertiary/aromatic N) is 3. The van der Waals surface area contributed by atoms with Crippen molar-refractivity contribution in [2.45, 2.75) is 12.8 Å². The zero-order chi connectivity index (χ0) is 21.6. The molecule has 1 amide bonds. The summed E-state index contributed by atoms with van der Waals surface area (Å²) < 4.78 is 0. The quantitative estimate of drug-likeness (QED) is 0.601. The van der Waals surface area contributed by atoms with Crippen molar-refractivity contribution in [3.8, 4) is 10.6 Å². The van der Waals surface area contributed by atoms with Crippen molar-refractivity contribution in [3.63, 3.8) is 0 Å². The minimum absolute atomic E-state index is 0.109. The molecule has 31 heavy (non-hydrogen) atoms. The average molecular weight is 432 g/mol. The molecule has 0 aliphatic carbocycles. The molecule has 0 atom stereocenters. The van der Waals surface area contributed by atoms with Crippen LogP contribution in [0.15, 0.2) is 60.7 Å². The lowest BCUT2D eigenvalue weighted by atomic mass is 10.1. The Hall–Kier alpha value is -3.42. The summed E-state index contributed by atoms with van der Waals surface area (Å²) >= 11 is 1.54. The Bertz CT molecular complexity index is 1150. The molecule has 1 aliphatic heterocycles. The van der Waals surface area contributed by atoms with E-state index in [0.29, 0.717) is 17.9 Å². The molecule has 0 radical (unpaired) electrons. The molecule has 0 bridgehead atoms. The Morgan fingerprint density at radius 1 is 1.00 bits per heavy atom. The van der Waals surface area contributed by atoms with Gasteiger partial charge in [-0.1, -0.05) is 47.7 Å². The maximum atomic E-state index is 12.9. The van der Waals surface area contributed by atoms with Gasteiger partial charge in [-0.25, -0.2) is 9.97 Å². The summed E-state index contributed by atoms with van der Waals surface area (Å²) in [5.74, 6) is -0.499. The Balaban J connectivity index is 1.51. The van der Waals surface area contributed by atoms with Gasteiger partial charge >= 0.3 is 0 Å². The van der Waals surface area contributed by atoms with Crippen LogP contribution < -0.4 is 4.90 Å². The molecule has 1 aliphatic rings. The van der Waals surface area contributed by atoms with Crippen molar-refractivity contribution >= 4 is 40.2 Å². The summed E-state index contributed by atoms with van der Waals surface area (Å²) in [6, 6.07) is 15.3. The van der Waals surface area contributed by atoms with Gasteiger partial charge in [0.15, 0.2) is 5.78 Å². The number of thiazole rings is 1. The van der Waals surface area contributed by atoms with Crippen LogP contribution >= 0.6 is 11.3 Å². The molecule has 156 valence electrons. The van der Waals surface area contributed by atoms with E-state index < -0.39 is 12.4 Å². The SMILES string of the molecule is O=C(/C=C/c1cccc(/C=C/C(=O)N2CCCc3nc(-c4ccccc4)sc32)n1)CO. The highest BCUT2D eigenvalue weighted by Gasteiger charge is 2.25. The molecule has 0 spiro atoms. The number of carbonyl (C=O) groups excluding carboxylic acids is 2. The second-order valence-corrected chi connectivity index (χ2v) is 7.99. The van der Waals surface area contributed by atoms with Crippen LogP contribution in [0.4, 0.5) is 5.00 Å². The van der Waals surface area contributed by atoms with Gasteiger partial charge < -0.3 is 5.11 Å². The molecule has 4 rings (SSSR count). The van der Waals surface area contributed by atoms with Gasteiger partial charge in [-0.05, 0) is 43.2 Å². The normalized spacial score (nSPS) is 13.6. The predicted octanol–water partition coefficient (Wildman–Crippen LogP) is 3.77. The van der Waals surface area contributed by atoms with E-state index in [2.05, 4.69) is 4.98 Å². The number of fused-ring (bicyclic) bond motifs is 1. The van der Waals surface area contributed by atoms with Crippen molar-refractivity contribution in [1.82, 2.24) is 9.97 Å². The molecule has 6 nitrogen and oxygen atoms in total. The largest absolute Gasteiger partial charge is 0.388 e. The number of aryl methyl sites for hydroxylation is 1. The van der Waals surface area contributed by atoms with E-state index in [-0.39, 0.29) is 5.91 Å². The van der Waals surface area contributed by atoms with Gasteiger partial charge in [0.2, 0.25) is 0 Å². The number of hydrogen-bond acceptors (Lipinski definition) is 6.